The third kappa shape index (κ3) is 2.56. The Bertz CT molecular complexity index is 442. The molecule has 0 bridgehead atoms. The lowest BCUT2D eigenvalue weighted by molar-refractivity contribution is 0.397. The van der Waals surface area contributed by atoms with E-state index in [9.17, 15) is 0 Å². The molecule has 0 aliphatic heterocycles. The lowest BCUT2D eigenvalue weighted by atomic mass is 10.0. The molecule has 0 heterocycles. The van der Waals surface area contributed by atoms with Crippen LogP contribution in [0.25, 0.3) is 6.08 Å². The van der Waals surface area contributed by atoms with Crippen LogP contribution in [0.15, 0.2) is 6.08 Å². The summed E-state index contributed by atoms with van der Waals surface area (Å²) < 4.78 is 10.7. The molecule has 0 radical (unpaired) electrons. The molecule has 0 unspecified atom stereocenters. The smallest absolute Gasteiger partial charge is 0.141 e. The van der Waals surface area contributed by atoms with Crippen molar-refractivity contribution >= 4 is 17.7 Å². The predicted molar refractivity (Wildman–Crippen MR) is 72.1 cm³/mol. The molecule has 3 nitrogen and oxygen atoms in total. The van der Waals surface area contributed by atoms with Gasteiger partial charge in [-0.15, -0.1) is 0 Å². The second-order valence-electron chi connectivity index (χ2n) is 3.68. The van der Waals surface area contributed by atoms with Gasteiger partial charge >= 0.3 is 0 Å². The van der Waals surface area contributed by atoms with Crippen LogP contribution in [0, 0.1) is 13.8 Å². The van der Waals surface area contributed by atoms with Gasteiger partial charge in [-0.25, -0.2) is 0 Å². The van der Waals surface area contributed by atoms with E-state index in [2.05, 4.69) is 0 Å². The minimum absolute atomic E-state index is 0.479. The molecule has 0 fully saturated rings. The SMILES string of the molecule is COc1c(C)c(/C=C/CN)c(OC)c(C)c1Cl. The number of nitrogens with two attached hydrogens (primary N) is 1. The third-order valence-electron chi connectivity index (χ3n) is 2.69. The maximum atomic E-state index is 6.23. The number of methoxy groups -OCH3 is 2. The van der Waals surface area contributed by atoms with Gasteiger partial charge in [0.05, 0.1) is 19.2 Å². The van der Waals surface area contributed by atoms with Crippen molar-refractivity contribution in [1.29, 1.82) is 0 Å². The number of ether oxygens (including phenoxy) is 2. The number of hydrogen-bond donors (Lipinski definition) is 1. The molecule has 17 heavy (non-hydrogen) atoms. The Balaban J connectivity index is 3.54. The maximum Gasteiger partial charge on any atom is 0.141 e. The standard InChI is InChI=1S/C13H18ClNO2/c1-8-10(6-5-7-15)12(16-3)9(2)11(14)13(8)17-4/h5-6H,7,15H2,1-4H3/b6-5+. The van der Waals surface area contributed by atoms with E-state index in [1.54, 1.807) is 14.2 Å². The Labute approximate surface area is 107 Å². The summed E-state index contributed by atoms with van der Waals surface area (Å²) in [6.07, 6.45) is 3.80. The molecule has 0 aliphatic rings. The molecule has 0 spiro atoms. The second kappa shape index (κ2) is 5.94. The minimum atomic E-state index is 0.479. The zero-order valence-corrected chi connectivity index (χ0v) is 11.4. The van der Waals surface area contributed by atoms with E-state index in [4.69, 9.17) is 26.8 Å². The summed E-state index contributed by atoms with van der Waals surface area (Å²) in [6.45, 7) is 4.33. The van der Waals surface area contributed by atoms with Crippen LogP contribution in [0.2, 0.25) is 5.02 Å². The van der Waals surface area contributed by atoms with E-state index in [0.29, 0.717) is 17.3 Å². The second-order valence-corrected chi connectivity index (χ2v) is 4.06. The van der Waals surface area contributed by atoms with Crippen LogP contribution in [0.3, 0.4) is 0 Å². The van der Waals surface area contributed by atoms with Crippen LogP contribution >= 0.6 is 11.6 Å². The van der Waals surface area contributed by atoms with Gasteiger partial charge in [-0.2, -0.15) is 0 Å². The molecule has 0 aromatic heterocycles. The first-order chi connectivity index (χ1) is 8.08. The van der Waals surface area contributed by atoms with Gasteiger partial charge in [-0.1, -0.05) is 23.8 Å². The summed E-state index contributed by atoms with van der Waals surface area (Å²) in [5.41, 5.74) is 8.24. The summed E-state index contributed by atoms with van der Waals surface area (Å²) >= 11 is 6.23. The number of rotatable bonds is 4. The van der Waals surface area contributed by atoms with Crippen LogP contribution in [0.4, 0.5) is 0 Å². The average Bonchev–Trinajstić information content (AvgIpc) is 2.33. The molecule has 0 amide bonds. The normalized spacial score (nSPS) is 10.9. The highest BCUT2D eigenvalue weighted by atomic mass is 35.5. The lowest BCUT2D eigenvalue weighted by Gasteiger charge is -2.17. The molecule has 94 valence electrons. The number of hydrogen-bond acceptors (Lipinski definition) is 3. The Morgan fingerprint density at radius 3 is 2.18 bits per heavy atom. The molecule has 1 aromatic carbocycles. The first-order valence-electron chi connectivity index (χ1n) is 5.35. The first kappa shape index (κ1) is 13.9. The topological polar surface area (TPSA) is 44.5 Å². The lowest BCUT2D eigenvalue weighted by Crippen LogP contribution is -2.00. The molecular weight excluding hydrogens is 238 g/mol. The molecule has 0 saturated carbocycles. The van der Waals surface area contributed by atoms with Gasteiger partial charge in [-0.3, -0.25) is 0 Å². The van der Waals surface area contributed by atoms with Crippen molar-refractivity contribution in [1.82, 2.24) is 0 Å². The van der Waals surface area contributed by atoms with Crippen molar-refractivity contribution in [2.45, 2.75) is 13.8 Å². The highest BCUT2D eigenvalue weighted by molar-refractivity contribution is 6.33. The monoisotopic (exact) mass is 255 g/mol. The first-order valence-corrected chi connectivity index (χ1v) is 5.73. The van der Waals surface area contributed by atoms with Crippen molar-refractivity contribution in [3.63, 3.8) is 0 Å². The van der Waals surface area contributed by atoms with E-state index < -0.39 is 0 Å². The molecular formula is C13H18ClNO2. The van der Waals surface area contributed by atoms with Gasteiger partial charge in [0.2, 0.25) is 0 Å². The molecule has 0 atom stereocenters. The fourth-order valence-electron chi connectivity index (χ4n) is 1.82. The fourth-order valence-corrected chi connectivity index (χ4v) is 2.13. The summed E-state index contributed by atoms with van der Waals surface area (Å²) in [5, 5.41) is 0.590. The molecule has 0 saturated heterocycles. The maximum absolute atomic E-state index is 6.23. The molecule has 1 rings (SSSR count). The average molecular weight is 256 g/mol. The largest absolute Gasteiger partial charge is 0.496 e. The summed E-state index contributed by atoms with van der Waals surface area (Å²) in [7, 11) is 3.24. The number of benzene rings is 1. The Hall–Kier alpha value is -1.19. The Kier molecular flexibility index (Phi) is 4.85. The van der Waals surface area contributed by atoms with Crippen LogP contribution in [-0.2, 0) is 0 Å². The van der Waals surface area contributed by atoms with E-state index in [1.807, 2.05) is 26.0 Å². The van der Waals surface area contributed by atoms with Crippen molar-refractivity contribution in [2.24, 2.45) is 5.73 Å². The van der Waals surface area contributed by atoms with Crippen LogP contribution in [-0.4, -0.2) is 20.8 Å². The summed E-state index contributed by atoms with van der Waals surface area (Å²) in [4.78, 5) is 0. The van der Waals surface area contributed by atoms with Crippen LogP contribution < -0.4 is 15.2 Å². The summed E-state index contributed by atoms with van der Waals surface area (Å²) in [6, 6.07) is 0. The van der Waals surface area contributed by atoms with Gasteiger partial charge in [0.1, 0.15) is 11.5 Å². The van der Waals surface area contributed by atoms with E-state index >= 15 is 0 Å². The molecule has 2 N–H and O–H groups in total. The van der Waals surface area contributed by atoms with Crippen LogP contribution in [0.5, 0.6) is 11.5 Å². The van der Waals surface area contributed by atoms with Gasteiger partial charge in [0, 0.05) is 23.2 Å². The van der Waals surface area contributed by atoms with Crippen LogP contribution in [0.1, 0.15) is 16.7 Å². The van der Waals surface area contributed by atoms with Crippen molar-refractivity contribution in [3.8, 4) is 11.5 Å². The highest BCUT2D eigenvalue weighted by Crippen LogP contribution is 2.41. The van der Waals surface area contributed by atoms with Crippen molar-refractivity contribution < 1.29 is 9.47 Å². The zero-order valence-electron chi connectivity index (χ0n) is 10.6. The van der Waals surface area contributed by atoms with Gasteiger partial charge < -0.3 is 15.2 Å². The zero-order chi connectivity index (χ0) is 13.0. The molecule has 4 heteroatoms. The molecule has 1 aromatic rings. The highest BCUT2D eigenvalue weighted by Gasteiger charge is 2.18. The van der Waals surface area contributed by atoms with E-state index in [0.717, 1.165) is 22.4 Å². The van der Waals surface area contributed by atoms with Crippen molar-refractivity contribution in [3.05, 3.63) is 27.8 Å². The summed E-state index contributed by atoms with van der Waals surface area (Å²) in [5.74, 6) is 1.44. The fraction of sp³-hybridized carbons (Fsp3) is 0.385. The van der Waals surface area contributed by atoms with Gasteiger partial charge in [0.25, 0.3) is 0 Å². The number of halogens is 1. The van der Waals surface area contributed by atoms with E-state index in [-0.39, 0.29) is 0 Å². The Morgan fingerprint density at radius 2 is 1.71 bits per heavy atom. The minimum Gasteiger partial charge on any atom is -0.496 e. The van der Waals surface area contributed by atoms with E-state index in [1.165, 1.54) is 0 Å². The van der Waals surface area contributed by atoms with Gasteiger partial charge in [0.15, 0.2) is 0 Å². The van der Waals surface area contributed by atoms with Gasteiger partial charge in [-0.05, 0) is 13.8 Å². The van der Waals surface area contributed by atoms with Crippen molar-refractivity contribution in [2.75, 3.05) is 20.8 Å². The molecule has 0 aliphatic carbocycles. The third-order valence-corrected chi connectivity index (χ3v) is 3.14. The predicted octanol–water partition coefficient (Wildman–Crippen LogP) is 2.95. The quantitative estimate of drug-likeness (QED) is 0.900. The Morgan fingerprint density at radius 1 is 1.12 bits per heavy atom.